The van der Waals surface area contributed by atoms with Gasteiger partial charge in [0.05, 0.1) is 6.61 Å². The van der Waals surface area contributed by atoms with Crippen LogP contribution in [0.3, 0.4) is 0 Å². The number of aliphatic carboxylic acids is 1. The molecular weight excluding hydrogens is 438 g/mol. The third-order valence-electron chi connectivity index (χ3n) is 3.68. The molecule has 0 saturated heterocycles. The largest absolute Gasteiger partial charge is 0.475 e. The highest BCUT2D eigenvalue weighted by molar-refractivity contribution is 7.80. The van der Waals surface area contributed by atoms with E-state index in [0.717, 1.165) is 6.92 Å². The van der Waals surface area contributed by atoms with Crippen LogP contribution in [-0.2, 0) is 38.4 Å². The molecule has 7 N–H and O–H groups in total. The molecule has 0 spiro atoms. The lowest BCUT2D eigenvalue weighted by atomic mass is 10.0. The summed E-state index contributed by atoms with van der Waals surface area (Å²) < 4.78 is 45.9. The molecule has 1 heterocycles. The third kappa shape index (κ3) is 7.58. The van der Waals surface area contributed by atoms with Crippen LogP contribution in [0.4, 0.5) is 0 Å². The number of hydrogen-bond donors (Lipinski definition) is 7. The number of rotatable bonds is 12. The Kier molecular flexibility index (Phi) is 8.62. The van der Waals surface area contributed by atoms with Gasteiger partial charge in [-0.2, -0.15) is 8.42 Å². The van der Waals surface area contributed by atoms with Gasteiger partial charge >= 0.3 is 16.4 Å². The number of ether oxygens (including phenoxy) is 2. The van der Waals surface area contributed by atoms with E-state index < -0.39 is 77.5 Å². The van der Waals surface area contributed by atoms with E-state index in [4.69, 9.17) is 16.0 Å². The first-order chi connectivity index (χ1) is 14.3. The van der Waals surface area contributed by atoms with Gasteiger partial charge in [-0.05, 0) is 6.08 Å². The zero-order valence-electron chi connectivity index (χ0n) is 16.2. The van der Waals surface area contributed by atoms with E-state index in [1.165, 1.54) is 0 Å². The maximum absolute atomic E-state index is 11.2. The summed E-state index contributed by atoms with van der Waals surface area (Å²) in [5.41, 5.74) is 0. The standard InChI is InChI=1S/C14H21NO14S/c1-5(17)15-6(3-16)10(20)12(8(19)4-27-30(24,25)26)29-14-11(21)7(18)2-9(28-14)13(22)23/h2-3,6-8,10-12,14,18-21H,4H2,1H3,(H,15,17)(H,22,23)(H,24,25,26)/t6-,7-,8+,10+,11+,12+,14-/m0/s1/i/hD. The zero-order valence-corrected chi connectivity index (χ0v) is 16.0. The number of nitrogens with one attached hydrogen (secondary N) is 1. The minimum atomic E-state index is -4.87. The molecule has 1 amide bonds. The van der Waals surface area contributed by atoms with Crippen LogP contribution in [-0.4, -0.2) is 106 Å². The fourth-order valence-electron chi connectivity index (χ4n) is 2.32. The van der Waals surface area contributed by atoms with Gasteiger partial charge in [-0.15, -0.1) is 0 Å². The van der Waals surface area contributed by atoms with Gasteiger partial charge in [-0.25, -0.2) is 8.98 Å². The number of carboxylic acid groups (broad SMARTS) is 1. The Labute approximate surface area is 170 Å². The quantitative estimate of drug-likeness (QED) is 0.107. The average Bonchev–Trinajstić information content (AvgIpc) is 2.70. The van der Waals surface area contributed by atoms with Crippen molar-refractivity contribution in [3.8, 4) is 0 Å². The van der Waals surface area contributed by atoms with Crippen molar-refractivity contribution in [1.82, 2.24) is 5.32 Å². The molecule has 30 heavy (non-hydrogen) atoms. The molecule has 0 saturated carbocycles. The van der Waals surface area contributed by atoms with Crippen molar-refractivity contribution >= 4 is 28.6 Å². The lowest BCUT2D eigenvalue weighted by Gasteiger charge is -2.37. The predicted octanol–water partition coefficient (Wildman–Crippen LogP) is -4.34. The monoisotopic (exact) mass is 460 g/mol. The number of aliphatic hydroxyl groups is 4. The first-order valence-corrected chi connectivity index (χ1v) is 9.42. The normalized spacial score (nSPS) is 26.2. The summed E-state index contributed by atoms with van der Waals surface area (Å²) in [6.45, 7) is -0.216. The zero-order chi connectivity index (χ0) is 23.9. The third-order valence-corrected chi connectivity index (χ3v) is 4.10. The van der Waals surface area contributed by atoms with Gasteiger partial charge in [0.2, 0.25) is 19.4 Å². The highest BCUT2D eigenvalue weighted by atomic mass is 32.3. The molecule has 172 valence electrons. The number of aliphatic hydroxyl groups excluding tert-OH is 4. The molecule has 1 aliphatic rings. The summed E-state index contributed by atoms with van der Waals surface area (Å²) in [6.07, 6.45) is -11.4. The minimum absolute atomic E-state index is 0.0508. The molecule has 7 atom stereocenters. The molecule has 16 heteroatoms. The van der Waals surface area contributed by atoms with Crippen LogP contribution < -0.4 is 5.32 Å². The van der Waals surface area contributed by atoms with Crippen molar-refractivity contribution in [3.05, 3.63) is 11.8 Å². The van der Waals surface area contributed by atoms with Crippen molar-refractivity contribution in [3.63, 3.8) is 0 Å². The lowest BCUT2D eigenvalue weighted by Crippen LogP contribution is -2.57. The Bertz CT molecular complexity index is 788. The number of carboxylic acids is 1. The molecule has 0 bridgehead atoms. The van der Waals surface area contributed by atoms with Crippen LogP contribution in [0.5, 0.6) is 0 Å². The summed E-state index contributed by atoms with van der Waals surface area (Å²) in [7, 11) is -4.87. The molecule has 0 aromatic rings. The molecule has 0 aromatic carbocycles. The lowest BCUT2D eigenvalue weighted by molar-refractivity contribution is -0.255. The number of carbonyl (C=O) groups is 3. The second kappa shape index (κ2) is 10.7. The Morgan fingerprint density at radius 1 is 1.40 bits per heavy atom. The summed E-state index contributed by atoms with van der Waals surface area (Å²) >= 11 is 0. The minimum Gasteiger partial charge on any atom is -0.475 e. The van der Waals surface area contributed by atoms with Crippen molar-refractivity contribution < 1.29 is 66.5 Å². The number of hydrogen-bond acceptors (Lipinski definition) is 13. The van der Waals surface area contributed by atoms with Crippen LogP contribution in [0.25, 0.3) is 1.43 Å². The molecule has 1 aliphatic heterocycles. The maximum Gasteiger partial charge on any atom is 0.397 e. The second-order valence-corrected chi connectivity index (χ2v) is 7.07. The summed E-state index contributed by atoms with van der Waals surface area (Å²) in [5.74, 6) is -3.31. The SMILES string of the molecule is [2H]OS(=O)(=O)OC[C@@H](O)[C@@H](O[C@@H]1OC(C(=O)O)=C[C@H](O)[C@H]1O)[C@H](O)[C@H](C=O)NC(C)=O. The molecule has 0 fully saturated rings. The fraction of sp³-hybridized carbons (Fsp3) is 0.643. The van der Waals surface area contributed by atoms with Gasteiger partial charge in [0.15, 0.2) is 0 Å². The first-order valence-electron chi connectivity index (χ1n) is 8.49. The number of carbonyl (C=O) groups excluding carboxylic acids is 2. The highest BCUT2D eigenvalue weighted by Crippen LogP contribution is 2.23. The molecule has 1 rings (SSSR count). The predicted molar refractivity (Wildman–Crippen MR) is 90.7 cm³/mol. The van der Waals surface area contributed by atoms with E-state index in [1.807, 2.05) is 5.32 Å². The highest BCUT2D eigenvalue weighted by Gasteiger charge is 2.42. The number of amides is 1. The summed E-state index contributed by atoms with van der Waals surface area (Å²) in [6, 6.07) is -1.72. The fourth-order valence-corrected chi connectivity index (χ4v) is 2.63. The second-order valence-electron chi connectivity index (χ2n) is 6.02. The maximum atomic E-state index is 11.2. The molecule has 15 nitrogen and oxygen atoms in total. The van der Waals surface area contributed by atoms with Gasteiger partial charge in [-0.1, -0.05) is 0 Å². The van der Waals surface area contributed by atoms with Crippen LogP contribution in [0.1, 0.15) is 6.92 Å². The summed E-state index contributed by atoms with van der Waals surface area (Å²) in [4.78, 5) is 33.5. The molecule has 0 aromatic heterocycles. The van der Waals surface area contributed by atoms with Gasteiger partial charge in [-0.3, -0.25) is 9.35 Å². The van der Waals surface area contributed by atoms with Crippen molar-refractivity contribution in [1.29, 1.82) is 1.43 Å². The van der Waals surface area contributed by atoms with Gasteiger partial charge in [0.1, 0.15) is 42.8 Å². The van der Waals surface area contributed by atoms with E-state index in [1.54, 1.807) is 0 Å². The van der Waals surface area contributed by atoms with Crippen LogP contribution in [0.2, 0.25) is 0 Å². The van der Waals surface area contributed by atoms with Gasteiger partial charge < -0.3 is 45.1 Å². The van der Waals surface area contributed by atoms with Crippen molar-refractivity contribution in [2.75, 3.05) is 6.61 Å². The molecule has 0 unspecified atom stereocenters. The van der Waals surface area contributed by atoms with Crippen LogP contribution >= 0.6 is 0 Å². The average molecular weight is 460 g/mol. The Morgan fingerprint density at radius 3 is 2.53 bits per heavy atom. The van der Waals surface area contributed by atoms with Gasteiger partial charge in [0, 0.05) is 6.92 Å². The van der Waals surface area contributed by atoms with Crippen molar-refractivity contribution in [2.24, 2.45) is 0 Å². The Balaban J connectivity index is 3.16. The van der Waals surface area contributed by atoms with E-state index in [2.05, 4.69) is 8.74 Å². The molecular formula is C14H21NO14S. The Hall–Kier alpha value is -2.18. The summed E-state index contributed by atoms with van der Waals surface area (Å²) in [5, 5.41) is 51.3. The van der Waals surface area contributed by atoms with Gasteiger partial charge in [0.25, 0.3) is 0 Å². The van der Waals surface area contributed by atoms with E-state index in [0.29, 0.717) is 6.08 Å². The van der Waals surface area contributed by atoms with E-state index in [9.17, 15) is 43.2 Å². The Morgan fingerprint density at radius 2 is 2.03 bits per heavy atom. The van der Waals surface area contributed by atoms with E-state index in [-0.39, 0.29) is 6.29 Å². The number of aldehydes is 1. The van der Waals surface area contributed by atoms with Crippen LogP contribution in [0, 0.1) is 0 Å². The van der Waals surface area contributed by atoms with Crippen LogP contribution in [0.15, 0.2) is 11.8 Å². The van der Waals surface area contributed by atoms with E-state index >= 15 is 0 Å². The van der Waals surface area contributed by atoms with Crippen molar-refractivity contribution in [2.45, 2.75) is 49.8 Å². The first kappa shape index (κ1) is 24.1. The molecule has 0 radical (unpaired) electrons. The smallest absolute Gasteiger partial charge is 0.397 e. The topological polar surface area (TPSA) is 246 Å². The molecule has 0 aliphatic carbocycles.